The van der Waals surface area contributed by atoms with Crippen LogP contribution in [0, 0.1) is 5.92 Å². The number of nitrogens with one attached hydrogen (secondary N) is 1. The number of benzene rings is 3. The Hall–Kier alpha value is -3.36. The van der Waals surface area contributed by atoms with E-state index in [0.29, 0.717) is 43.2 Å². The number of rotatable bonds is 9. The molecule has 37 heavy (non-hydrogen) atoms. The summed E-state index contributed by atoms with van der Waals surface area (Å²) in [5, 5.41) is 2.93. The van der Waals surface area contributed by atoms with Gasteiger partial charge < -0.3 is 14.8 Å². The average Bonchev–Trinajstić information content (AvgIpc) is 2.92. The summed E-state index contributed by atoms with van der Waals surface area (Å²) in [5.74, 6) is 0.548. The van der Waals surface area contributed by atoms with E-state index in [-0.39, 0.29) is 23.3 Å². The first-order valence-corrected chi connectivity index (χ1v) is 14.0. The van der Waals surface area contributed by atoms with Gasteiger partial charge in [-0.15, -0.1) is 0 Å². The maximum Gasteiger partial charge on any atom is 0.246 e. The van der Waals surface area contributed by atoms with Gasteiger partial charge >= 0.3 is 0 Å². The minimum Gasteiger partial charge on any atom is -0.495 e. The molecule has 1 atom stereocenters. The molecule has 1 aliphatic heterocycles. The zero-order chi connectivity index (χ0) is 26.4. The molecule has 1 aliphatic rings. The molecular formula is C29H34N2O5S. The highest BCUT2D eigenvalue weighted by molar-refractivity contribution is 7.89. The summed E-state index contributed by atoms with van der Waals surface area (Å²) in [6, 6.07) is 22.4. The molecular weight excluding hydrogens is 488 g/mol. The number of nitrogens with zero attached hydrogens (tertiary/aromatic N) is 1. The van der Waals surface area contributed by atoms with Crippen LogP contribution in [0.3, 0.4) is 0 Å². The van der Waals surface area contributed by atoms with E-state index in [0.717, 1.165) is 11.1 Å². The number of anilines is 1. The first-order valence-electron chi connectivity index (χ1n) is 12.5. The van der Waals surface area contributed by atoms with Crippen molar-refractivity contribution < 1.29 is 22.7 Å². The first-order chi connectivity index (χ1) is 17.8. The zero-order valence-corrected chi connectivity index (χ0v) is 22.3. The van der Waals surface area contributed by atoms with E-state index in [1.54, 1.807) is 24.3 Å². The van der Waals surface area contributed by atoms with Crippen molar-refractivity contribution in [1.82, 2.24) is 4.31 Å². The van der Waals surface area contributed by atoms with Crippen molar-refractivity contribution in [1.29, 1.82) is 0 Å². The van der Waals surface area contributed by atoms with Gasteiger partial charge in [0.2, 0.25) is 15.9 Å². The zero-order valence-electron chi connectivity index (χ0n) is 21.5. The predicted octanol–water partition coefficient (Wildman–Crippen LogP) is 5.44. The summed E-state index contributed by atoms with van der Waals surface area (Å²) in [6.07, 6.45) is 1.23. The van der Waals surface area contributed by atoms with Crippen molar-refractivity contribution in [2.75, 3.05) is 25.5 Å². The molecule has 1 amide bonds. The van der Waals surface area contributed by atoms with Crippen LogP contribution in [-0.4, -0.2) is 38.8 Å². The summed E-state index contributed by atoms with van der Waals surface area (Å²) >= 11 is 0. The molecule has 0 saturated carbocycles. The lowest BCUT2D eigenvalue weighted by molar-refractivity contribution is -0.120. The van der Waals surface area contributed by atoms with Gasteiger partial charge in [-0.05, 0) is 66.3 Å². The Bertz CT molecular complexity index is 1310. The number of amides is 1. The van der Waals surface area contributed by atoms with E-state index < -0.39 is 15.9 Å². The van der Waals surface area contributed by atoms with Crippen LogP contribution in [0.25, 0.3) is 0 Å². The van der Waals surface area contributed by atoms with E-state index in [1.807, 2.05) is 62.4 Å². The molecule has 0 aliphatic carbocycles. The second kappa shape index (κ2) is 11.8. The summed E-state index contributed by atoms with van der Waals surface area (Å²) in [6.45, 7) is 4.99. The summed E-state index contributed by atoms with van der Waals surface area (Å²) in [7, 11) is -2.36. The molecule has 0 aromatic heterocycles. The van der Waals surface area contributed by atoms with Gasteiger partial charge in [0.25, 0.3) is 0 Å². The van der Waals surface area contributed by atoms with Gasteiger partial charge in [-0.1, -0.05) is 50.2 Å². The van der Waals surface area contributed by atoms with Gasteiger partial charge in [0.05, 0.1) is 13.0 Å². The van der Waals surface area contributed by atoms with Gasteiger partial charge in [-0.25, -0.2) is 8.42 Å². The Balaban J connectivity index is 1.40. The Morgan fingerprint density at radius 2 is 1.78 bits per heavy atom. The molecule has 1 heterocycles. The van der Waals surface area contributed by atoms with Crippen molar-refractivity contribution >= 4 is 21.6 Å². The van der Waals surface area contributed by atoms with E-state index >= 15 is 0 Å². The van der Waals surface area contributed by atoms with Gasteiger partial charge in [0, 0.05) is 18.8 Å². The van der Waals surface area contributed by atoms with Gasteiger partial charge in [0.15, 0.2) is 0 Å². The Morgan fingerprint density at radius 3 is 2.46 bits per heavy atom. The van der Waals surface area contributed by atoms with Crippen LogP contribution in [0.15, 0.2) is 77.7 Å². The summed E-state index contributed by atoms with van der Waals surface area (Å²) in [4.78, 5) is 13.2. The number of methoxy groups -OCH3 is 1. The SMILES string of the molecule is COc1ccc(C(C)C)cc1S(=O)(=O)N1CCC[C@H](C(=O)Nc2ccc(OCc3ccccc3)cc2)C1. The van der Waals surface area contributed by atoms with Crippen LogP contribution in [0.4, 0.5) is 5.69 Å². The lowest BCUT2D eigenvalue weighted by Gasteiger charge is -2.31. The molecule has 8 heteroatoms. The van der Waals surface area contributed by atoms with E-state index in [4.69, 9.17) is 9.47 Å². The number of sulfonamides is 1. The average molecular weight is 523 g/mol. The monoisotopic (exact) mass is 522 g/mol. The Labute approximate surface area is 219 Å². The lowest BCUT2D eigenvalue weighted by atomic mass is 9.98. The Morgan fingerprint density at radius 1 is 1.05 bits per heavy atom. The van der Waals surface area contributed by atoms with Crippen LogP contribution >= 0.6 is 0 Å². The van der Waals surface area contributed by atoms with Crippen molar-refractivity contribution in [2.45, 2.75) is 44.1 Å². The van der Waals surface area contributed by atoms with E-state index in [2.05, 4.69) is 5.32 Å². The number of hydrogen-bond acceptors (Lipinski definition) is 5. The maximum atomic E-state index is 13.6. The van der Waals surface area contributed by atoms with Crippen LogP contribution in [0.5, 0.6) is 11.5 Å². The highest BCUT2D eigenvalue weighted by Crippen LogP contribution is 2.32. The number of carbonyl (C=O) groups excluding carboxylic acids is 1. The molecule has 1 fully saturated rings. The van der Waals surface area contributed by atoms with Crippen LogP contribution in [0.2, 0.25) is 0 Å². The number of piperidine rings is 1. The summed E-state index contributed by atoms with van der Waals surface area (Å²) < 4.78 is 39.7. The molecule has 0 spiro atoms. The summed E-state index contributed by atoms with van der Waals surface area (Å²) in [5.41, 5.74) is 2.63. The molecule has 4 rings (SSSR count). The van der Waals surface area contributed by atoms with Crippen LogP contribution in [-0.2, 0) is 21.4 Å². The number of ether oxygens (including phenoxy) is 2. The van der Waals surface area contributed by atoms with Gasteiger partial charge in [-0.3, -0.25) is 4.79 Å². The molecule has 0 radical (unpaired) electrons. The van der Waals surface area contributed by atoms with E-state index in [9.17, 15) is 13.2 Å². The molecule has 1 saturated heterocycles. The third-order valence-electron chi connectivity index (χ3n) is 6.60. The first kappa shape index (κ1) is 26.7. The molecule has 3 aromatic rings. The maximum absolute atomic E-state index is 13.6. The predicted molar refractivity (Wildman–Crippen MR) is 144 cm³/mol. The fraction of sp³-hybridized carbons (Fsp3) is 0.345. The molecule has 0 unspecified atom stereocenters. The third-order valence-corrected chi connectivity index (χ3v) is 8.48. The molecule has 3 aromatic carbocycles. The third kappa shape index (κ3) is 6.50. The smallest absolute Gasteiger partial charge is 0.246 e. The van der Waals surface area contributed by atoms with Crippen LogP contribution < -0.4 is 14.8 Å². The van der Waals surface area contributed by atoms with Crippen molar-refractivity contribution in [3.63, 3.8) is 0 Å². The highest BCUT2D eigenvalue weighted by atomic mass is 32.2. The van der Waals surface area contributed by atoms with Crippen molar-refractivity contribution in [2.24, 2.45) is 5.92 Å². The quantitative estimate of drug-likeness (QED) is 0.405. The van der Waals surface area contributed by atoms with Gasteiger partial charge in [0.1, 0.15) is 23.0 Å². The largest absolute Gasteiger partial charge is 0.495 e. The Kier molecular flexibility index (Phi) is 8.51. The molecule has 7 nitrogen and oxygen atoms in total. The topological polar surface area (TPSA) is 84.9 Å². The van der Waals surface area contributed by atoms with Crippen molar-refractivity contribution in [3.8, 4) is 11.5 Å². The standard InChI is InChI=1S/C29H34N2O5S/c1-21(2)23-11-16-27(35-3)28(18-23)37(33,34)31-17-7-10-24(19-31)29(32)30-25-12-14-26(15-13-25)36-20-22-8-5-4-6-9-22/h4-6,8-9,11-16,18,21,24H,7,10,17,19-20H2,1-3H3,(H,30,32)/t24-/m0/s1. The second-order valence-corrected chi connectivity index (χ2v) is 11.5. The van der Waals surface area contributed by atoms with Gasteiger partial charge in [-0.2, -0.15) is 4.31 Å². The molecule has 1 N–H and O–H groups in total. The minimum absolute atomic E-state index is 0.126. The minimum atomic E-state index is -3.82. The normalized spacial score (nSPS) is 16.4. The highest BCUT2D eigenvalue weighted by Gasteiger charge is 2.35. The van der Waals surface area contributed by atoms with Crippen molar-refractivity contribution in [3.05, 3.63) is 83.9 Å². The fourth-order valence-electron chi connectivity index (χ4n) is 4.39. The molecule has 196 valence electrons. The molecule has 0 bridgehead atoms. The lowest BCUT2D eigenvalue weighted by Crippen LogP contribution is -2.43. The number of carbonyl (C=O) groups is 1. The fourth-order valence-corrected chi connectivity index (χ4v) is 6.10. The van der Waals surface area contributed by atoms with Crippen LogP contribution in [0.1, 0.15) is 43.7 Å². The number of hydrogen-bond donors (Lipinski definition) is 1. The van der Waals surface area contributed by atoms with E-state index in [1.165, 1.54) is 11.4 Å². The second-order valence-electron chi connectivity index (χ2n) is 9.56.